The number of carbonyl (C=O) groups is 2. The van der Waals surface area contributed by atoms with Gasteiger partial charge in [-0.3, -0.25) is 14.8 Å². The van der Waals surface area contributed by atoms with Crippen molar-refractivity contribution in [2.75, 3.05) is 6.54 Å². The molecule has 0 radical (unpaired) electrons. The van der Waals surface area contributed by atoms with E-state index in [1.807, 2.05) is 17.0 Å². The van der Waals surface area contributed by atoms with E-state index < -0.39 is 5.91 Å². The molecule has 5 nitrogen and oxygen atoms in total. The molecule has 2 aromatic rings. The lowest BCUT2D eigenvalue weighted by molar-refractivity contribution is -0.137. The molecule has 1 atom stereocenters. The second-order valence-corrected chi connectivity index (χ2v) is 7.84. The Morgan fingerprint density at radius 2 is 1.93 bits per heavy atom. The topological polar surface area (TPSA) is 69.6 Å². The lowest BCUT2D eigenvalue weighted by Gasteiger charge is -2.33. The average Bonchev–Trinajstić information content (AvgIpc) is 2.98. The lowest BCUT2D eigenvalue weighted by Crippen LogP contribution is -2.38. The van der Waals surface area contributed by atoms with Crippen LogP contribution in [0.4, 0.5) is 0 Å². The molecule has 1 unspecified atom stereocenters. The van der Waals surface area contributed by atoms with Gasteiger partial charge in [-0.2, -0.15) is 0 Å². The van der Waals surface area contributed by atoms with Gasteiger partial charge in [-0.25, -0.2) is 5.48 Å². The maximum atomic E-state index is 13.2. The number of carbonyl (C=O) groups excluding carboxylic acids is 2. The number of hydrogen-bond acceptors (Lipinski definition) is 3. The fraction of sp³-hybridized carbons (Fsp3) is 0.364. The van der Waals surface area contributed by atoms with E-state index >= 15 is 0 Å². The van der Waals surface area contributed by atoms with Gasteiger partial charge in [-0.15, -0.1) is 0 Å². The van der Waals surface area contributed by atoms with Gasteiger partial charge in [0, 0.05) is 18.7 Å². The highest BCUT2D eigenvalue weighted by molar-refractivity contribution is 5.93. The number of hydrogen-bond donors (Lipinski definition) is 2. The van der Waals surface area contributed by atoms with E-state index in [2.05, 4.69) is 31.2 Å². The SMILES string of the molecule is Cc1ccc(CN2CCC3(CCc4ccc(C(=O)NO)cc4C3)C2=O)cc1. The molecular formula is C22H24N2O3. The second kappa shape index (κ2) is 6.82. The summed E-state index contributed by atoms with van der Waals surface area (Å²) in [6.45, 7) is 3.49. The minimum absolute atomic E-state index is 0.228. The fourth-order valence-corrected chi connectivity index (χ4v) is 4.42. The van der Waals surface area contributed by atoms with Gasteiger partial charge in [0.2, 0.25) is 5.91 Å². The number of likely N-dealkylation sites (tertiary alicyclic amines) is 1. The number of rotatable bonds is 3. The van der Waals surface area contributed by atoms with Gasteiger partial charge in [-0.1, -0.05) is 35.9 Å². The Kier molecular flexibility index (Phi) is 4.48. The van der Waals surface area contributed by atoms with Crippen LogP contribution in [0.1, 0.15) is 45.5 Å². The molecule has 1 aliphatic heterocycles. The molecule has 0 bridgehead atoms. The highest BCUT2D eigenvalue weighted by Crippen LogP contribution is 2.44. The van der Waals surface area contributed by atoms with Crippen molar-refractivity contribution in [1.82, 2.24) is 10.4 Å². The van der Waals surface area contributed by atoms with Gasteiger partial charge in [-0.05, 0) is 61.4 Å². The molecule has 1 aliphatic carbocycles. The maximum Gasteiger partial charge on any atom is 0.274 e. The van der Waals surface area contributed by atoms with Crippen LogP contribution >= 0.6 is 0 Å². The summed E-state index contributed by atoms with van der Waals surface area (Å²) >= 11 is 0. The molecule has 1 heterocycles. The first-order valence-corrected chi connectivity index (χ1v) is 9.42. The number of amides is 2. The van der Waals surface area contributed by atoms with E-state index in [-0.39, 0.29) is 11.3 Å². The van der Waals surface area contributed by atoms with Gasteiger partial charge in [0.05, 0.1) is 5.41 Å². The Labute approximate surface area is 159 Å². The molecule has 1 fully saturated rings. The molecule has 2 amide bonds. The molecule has 4 rings (SSSR count). The Balaban J connectivity index is 1.54. The molecule has 27 heavy (non-hydrogen) atoms. The molecule has 2 aliphatic rings. The smallest absolute Gasteiger partial charge is 0.274 e. The van der Waals surface area contributed by atoms with Crippen molar-refractivity contribution in [3.05, 3.63) is 70.3 Å². The summed E-state index contributed by atoms with van der Waals surface area (Å²) in [7, 11) is 0. The zero-order valence-electron chi connectivity index (χ0n) is 15.5. The van der Waals surface area contributed by atoms with Crippen LogP contribution in [-0.4, -0.2) is 28.5 Å². The normalized spacial score (nSPS) is 21.4. The van der Waals surface area contributed by atoms with Crippen molar-refractivity contribution in [2.24, 2.45) is 5.41 Å². The first-order valence-electron chi connectivity index (χ1n) is 9.42. The van der Waals surface area contributed by atoms with Gasteiger partial charge >= 0.3 is 0 Å². The van der Waals surface area contributed by atoms with Crippen LogP contribution in [0.5, 0.6) is 0 Å². The van der Waals surface area contributed by atoms with Crippen LogP contribution < -0.4 is 5.48 Å². The Morgan fingerprint density at radius 1 is 1.15 bits per heavy atom. The van der Waals surface area contributed by atoms with E-state index in [1.165, 1.54) is 11.1 Å². The summed E-state index contributed by atoms with van der Waals surface area (Å²) in [6, 6.07) is 13.8. The summed E-state index contributed by atoms with van der Waals surface area (Å²) in [6.07, 6.45) is 3.22. The minimum atomic E-state index is -0.517. The monoisotopic (exact) mass is 364 g/mol. The molecule has 1 spiro atoms. The standard InChI is InChI=1S/C22H24N2O3/c1-15-2-4-16(5-3-15)14-24-11-10-22(21(24)26)9-8-17-6-7-18(20(25)23-27)12-19(17)13-22/h2-7,12,27H,8-11,13-14H2,1H3,(H,23,25). The van der Waals surface area contributed by atoms with Crippen LogP contribution in [0.15, 0.2) is 42.5 Å². The van der Waals surface area contributed by atoms with Crippen molar-refractivity contribution in [3.63, 3.8) is 0 Å². The molecule has 2 aromatic carbocycles. The van der Waals surface area contributed by atoms with Crippen LogP contribution in [0, 0.1) is 12.3 Å². The predicted octanol–water partition coefficient (Wildman–Crippen LogP) is 3.02. The number of hydroxylamine groups is 1. The highest BCUT2D eigenvalue weighted by atomic mass is 16.5. The number of nitrogens with one attached hydrogen (secondary N) is 1. The van der Waals surface area contributed by atoms with Crippen molar-refractivity contribution < 1.29 is 14.8 Å². The Morgan fingerprint density at radius 3 is 2.67 bits per heavy atom. The summed E-state index contributed by atoms with van der Waals surface area (Å²) in [5, 5.41) is 8.87. The van der Waals surface area contributed by atoms with Gasteiger partial charge < -0.3 is 4.90 Å². The Bertz CT molecular complexity index is 891. The molecule has 2 N–H and O–H groups in total. The third-order valence-corrected chi connectivity index (χ3v) is 6.07. The van der Waals surface area contributed by atoms with Crippen molar-refractivity contribution in [1.29, 1.82) is 0 Å². The van der Waals surface area contributed by atoms with E-state index in [0.717, 1.165) is 36.9 Å². The van der Waals surface area contributed by atoms with Crippen LogP contribution in [0.3, 0.4) is 0 Å². The van der Waals surface area contributed by atoms with Crippen LogP contribution in [0.2, 0.25) is 0 Å². The van der Waals surface area contributed by atoms with Crippen molar-refractivity contribution >= 4 is 11.8 Å². The summed E-state index contributed by atoms with van der Waals surface area (Å²) in [5.74, 6) is -0.290. The first-order chi connectivity index (χ1) is 13.0. The lowest BCUT2D eigenvalue weighted by atomic mass is 9.70. The highest BCUT2D eigenvalue weighted by Gasteiger charge is 2.47. The van der Waals surface area contributed by atoms with E-state index in [1.54, 1.807) is 11.5 Å². The van der Waals surface area contributed by atoms with E-state index in [9.17, 15) is 9.59 Å². The van der Waals surface area contributed by atoms with Crippen LogP contribution in [0.25, 0.3) is 0 Å². The molecule has 0 aromatic heterocycles. The van der Waals surface area contributed by atoms with E-state index in [0.29, 0.717) is 18.5 Å². The molecule has 0 saturated carbocycles. The average molecular weight is 364 g/mol. The maximum absolute atomic E-state index is 13.2. The first kappa shape index (κ1) is 17.7. The summed E-state index contributed by atoms with van der Waals surface area (Å²) in [4.78, 5) is 26.9. The van der Waals surface area contributed by atoms with E-state index in [4.69, 9.17) is 5.21 Å². The third kappa shape index (κ3) is 3.23. The number of nitrogens with zero attached hydrogens (tertiary/aromatic N) is 1. The second-order valence-electron chi connectivity index (χ2n) is 7.84. The third-order valence-electron chi connectivity index (χ3n) is 6.07. The number of fused-ring (bicyclic) bond motifs is 1. The van der Waals surface area contributed by atoms with Gasteiger partial charge in [0.25, 0.3) is 5.91 Å². The Hall–Kier alpha value is -2.66. The van der Waals surface area contributed by atoms with Gasteiger partial charge in [0.15, 0.2) is 0 Å². The van der Waals surface area contributed by atoms with Crippen molar-refractivity contribution in [2.45, 2.75) is 39.2 Å². The zero-order chi connectivity index (χ0) is 19.0. The molecule has 1 saturated heterocycles. The number of benzene rings is 2. The fourth-order valence-electron chi connectivity index (χ4n) is 4.42. The minimum Gasteiger partial charge on any atom is -0.338 e. The van der Waals surface area contributed by atoms with Gasteiger partial charge in [0.1, 0.15) is 0 Å². The predicted molar refractivity (Wildman–Crippen MR) is 101 cm³/mol. The summed E-state index contributed by atoms with van der Waals surface area (Å²) < 4.78 is 0. The van der Waals surface area contributed by atoms with Crippen molar-refractivity contribution in [3.8, 4) is 0 Å². The zero-order valence-corrected chi connectivity index (χ0v) is 15.5. The molecule has 5 heteroatoms. The number of aryl methyl sites for hydroxylation is 2. The van der Waals surface area contributed by atoms with Crippen LogP contribution in [-0.2, 0) is 24.2 Å². The quantitative estimate of drug-likeness (QED) is 0.650. The molecule has 140 valence electrons. The molecular weight excluding hydrogens is 340 g/mol. The summed E-state index contributed by atoms with van der Waals surface area (Å²) in [5.41, 5.74) is 6.37. The largest absolute Gasteiger partial charge is 0.338 e.